The Bertz CT molecular complexity index is 191. The number of hydrogen-bond donors (Lipinski definition) is 2. The van der Waals surface area contributed by atoms with Crippen molar-refractivity contribution in [1.29, 1.82) is 0 Å². The molecule has 0 aliphatic carbocycles. The Kier molecular flexibility index (Phi) is 2.28. The Morgan fingerprint density at radius 1 is 1.75 bits per heavy atom. The van der Waals surface area contributed by atoms with Crippen LogP contribution >= 0.6 is 0 Å². The molecule has 1 saturated heterocycles. The van der Waals surface area contributed by atoms with Crippen LogP contribution in [-0.4, -0.2) is 34.7 Å². The molecule has 0 bridgehead atoms. The molecule has 0 spiro atoms. The van der Waals surface area contributed by atoms with Crippen molar-refractivity contribution in [2.75, 3.05) is 13.1 Å². The van der Waals surface area contributed by atoms with E-state index in [2.05, 4.69) is 0 Å². The number of amides is 1. The number of hydrogen-bond acceptors (Lipinski definition) is 2. The molecule has 0 saturated carbocycles. The molecule has 0 unspecified atom stereocenters. The molecule has 4 heteroatoms. The van der Waals surface area contributed by atoms with Crippen LogP contribution in [0.4, 0.5) is 4.79 Å². The van der Waals surface area contributed by atoms with Gasteiger partial charge in [0.25, 0.3) is 0 Å². The van der Waals surface area contributed by atoms with Crippen molar-refractivity contribution in [3.63, 3.8) is 0 Å². The predicted octanol–water partition coefficient (Wildman–Crippen LogP) is 0.724. The lowest BCUT2D eigenvalue weighted by molar-refractivity contribution is 0.117. The highest BCUT2D eigenvalue weighted by Gasteiger charge is 2.40. The second-order valence-corrected chi connectivity index (χ2v) is 4.01. The minimum Gasteiger partial charge on any atom is -0.465 e. The summed E-state index contributed by atoms with van der Waals surface area (Å²) in [4.78, 5) is 12.2. The van der Waals surface area contributed by atoms with Gasteiger partial charge in [0.15, 0.2) is 0 Å². The summed E-state index contributed by atoms with van der Waals surface area (Å²) in [7, 11) is 0. The highest BCUT2D eigenvalue weighted by Crippen LogP contribution is 2.31. The van der Waals surface area contributed by atoms with Crippen LogP contribution < -0.4 is 5.73 Å². The van der Waals surface area contributed by atoms with Gasteiger partial charge in [-0.15, -0.1) is 0 Å². The first kappa shape index (κ1) is 9.32. The van der Waals surface area contributed by atoms with Gasteiger partial charge in [-0.25, -0.2) is 4.79 Å². The monoisotopic (exact) mass is 172 g/mol. The Hall–Kier alpha value is -0.770. The SMILES string of the molecule is CC1(C)C[C@@H](CN)CN1C(=O)O. The van der Waals surface area contributed by atoms with Crippen molar-refractivity contribution in [2.24, 2.45) is 11.7 Å². The zero-order chi connectivity index (χ0) is 9.35. The zero-order valence-electron chi connectivity index (χ0n) is 7.58. The molecule has 1 rings (SSSR count). The van der Waals surface area contributed by atoms with E-state index in [-0.39, 0.29) is 5.54 Å². The van der Waals surface area contributed by atoms with Gasteiger partial charge in [-0.05, 0) is 32.7 Å². The Labute approximate surface area is 72.3 Å². The lowest BCUT2D eigenvalue weighted by Gasteiger charge is -2.28. The third-order valence-corrected chi connectivity index (χ3v) is 2.52. The summed E-state index contributed by atoms with van der Waals surface area (Å²) in [6.45, 7) is 5.04. The van der Waals surface area contributed by atoms with E-state index in [1.54, 1.807) is 0 Å². The Morgan fingerprint density at radius 2 is 2.33 bits per heavy atom. The molecule has 3 N–H and O–H groups in total. The number of likely N-dealkylation sites (tertiary alicyclic amines) is 1. The van der Waals surface area contributed by atoms with Gasteiger partial charge in [-0.1, -0.05) is 0 Å². The van der Waals surface area contributed by atoms with Gasteiger partial charge in [-0.3, -0.25) is 0 Å². The van der Waals surface area contributed by atoms with Gasteiger partial charge in [0.05, 0.1) is 0 Å². The van der Waals surface area contributed by atoms with Crippen LogP contribution in [0, 0.1) is 5.92 Å². The van der Waals surface area contributed by atoms with Gasteiger partial charge < -0.3 is 15.7 Å². The van der Waals surface area contributed by atoms with E-state index in [1.807, 2.05) is 13.8 Å². The van der Waals surface area contributed by atoms with Crippen LogP contribution in [0.15, 0.2) is 0 Å². The van der Waals surface area contributed by atoms with Crippen molar-refractivity contribution in [3.05, 3.63) is 0 Å². The van der Waals surface area contributed by atoms with Crippen LogP contribution in [0.2, 0.25) is 0 Å². The molecule has 4 nitrogen and oxygen atoms in total. The van der Waals surface area contributed by atoms with E-state index in [0.717, 1.165) is 6.42 Å². The molecule has 1 amide bonds. The normalized spacial score (nSPS) is 27.6. The summed E-state index contributed by atoms with van der Waals surface area (Å²) in [5, 5.41) is 8.85. The summed E-state index contributed by atoms with van der Waals surface area (Å²) in [6.07, 6.45) is 0.0338. The quantitative estimate of drug-likeness (QED) is 0.612. The summed E-state index contributed by atoms with van der Waals surface area (Å²) >= 11 is 0. The van der Waals surface area contributed by atoms with Crippen LogP contribution in [0.3, 0.4) is 0 Å². The maximum atomic E-state index is 10.8. The molecule has 1 heterocycles. The molecule has 1 aliphatic rings. The lowest BCUT2D eigenvalue weighted by atomic mass is 9.97. The molecule has 12 heavy (non-hydrogen) atoms. The fourth-order valence-corrected chi connectivity index (χ4v) is 1.88. The van der Waals surface area contributed by atoms with Crippen LogP contribution in [0.1, 0.15) is 20.3 Å². The topological polar surface area (TPSA) is 66.6 Å². The van der Waals surface area contributed by atoms with E-state index in [9.17, 15) is 4.79 Å². The van der Waals surface area contributed by atoms with Crippen molar-refractivity contribution >= 4 is 6.09 Å². The maximum Gasteiger partial charge on any atom is 0.407 e. The molecule has 0 aromatic rings. The average Bonchev–Trinajstić information content (AvgIpc) is 2.25. The lowest BCUT2D eigenvalue weighted by Crippen LogP contribution is -2.41. The smallest absolute Gasteiger partial charge is 0.407 e. The first-order valence-electron chi connectivity index (χ1n) is 4.18. The molecule has 1 atom stereocenters. The van der Waals surface area contributed by atoms with Crippen molar-refractivity contribution in [2.45, 2.75) is 25.8 Å². The maximum absolute atomic E-state index is 10.8. The molecular weight excluding hydrogens is 156 g/mol. The second kappa shape index (κ2) is 2.94. The highest BCUT2D eigenvalue weighted by atomic mass is 16.4. The minimum atomic E-state index is -0.837. The minimum absolute atomic E-state index is 0.240. The predicted molar refractivity (Wildman–Crippen MR) is 46.0 cm³/mol. The van der Waals surface area contributed by atoms with Gasteiger partial charge in [0.1, 0.15) is 0 Å². The zero-order valence-corrected chi connectivity index (χ0v) is 7.58. The van der Waals surface area contributed by atoms with E-state index in [4.69, 9.17) is 10.8 Å². The standard InChI is InChI=1S/C8H16N2O2/c1-8(2)3-6(4-9)5-10(8)7(11)12/h6H,3-5,9H2,1-2H3,(H,11,12)/t6-/m0/s1. The van der Waals surface area contributed by atoms with E-state index in [0.29, 0.717) is 19.0 Å². The highest BCUT2D eigenvalue weighted by molar-refractivity contribution is 5.66. The third kappa shape index (κ3) is 1.53. The molecule has 1 fully saturated rings. The van der Waals surface area contributed by atoms with Crippen molar-refractivity contribution in [1.82, 2.24) is 4.90 Å². The summed E-state index contributed by atoms with van der Waals surface area (Å²) in [5.41, 5.74) is 5.26. The Morgan fingerprint density at radius 3 is 2.58 bits per heavy atom. The summed E-state index contributed by atoms with van der Waals surface area (Å²) in [6, 6.07) is 0. The number of carboxylic acid groups (broad SMARTS) is 1. The average molecular weight is 172 g/mol. The molecule has 0 radical (unpaired) electrons. The van der Waals surface area contributed by atoms with Gasteiger partial charge >= 0.3 is 6.09 Å². The first-order valence-corrected chi connectivity index (χ1v) is 4.18. The number of nitrogens with two attached hydrogens (primary N) is 1. The van der Waals surface area contributed by atoms with E-state index in [1.165, 1.54) is 4.90 Å². The molecule has 0 aromatic carbocycles. The van der Waals surface area contributed by atoms with E-state index >= 15 is 0 Å². The Balaban J connectivity index is 2.70. The van der Waals surface area contributed by atoms with E-state index < -0.39 is 6.09 Å². The third-order valence-electron chi connectivity index (χ3n) is 2.52. The molecule has 0 aromatic heterocycles. The second-order valence-electron chi connectivity index (χ2n) is 4.01. The largest absolute Gasteiger partial charge is 0.465 e. The van der Waals surface area contributed by atoms with Gasteiger partial charge in [-0.2, -0.15) is 0 Å². The number of nitrogens with zero attached hydrogens (tertiary/aromatic N) is 1. The van der Waals surface area contributed by atoms with Crippen LogP contribution in [-0.2, 0) is 0 Å². The first-order chi connectivity index (χ1) is 5.47. The molecular formula is C8H16N2O2. The molecule has 1 aliphatic heterocycles. The fraction of sp³-hybridized carbons (Fsp3) is 0.875. The van der Waals surface area contributed by atoms with Gasteiger partial charge in [0, 0.05) is 12.1 Å². The van der Waals surface area contributed by atoms with Gasteiger partial charge in [0.2, 0.25) is 0 Å². The summed E-state index contributed by atoms with van der Waals surface area (Å²) in [5.74, 6) is 0.330. The van der Waals surface area contributed by atoms with Crippen LogP contribution in [0.5, 0.6) is 0 Å². The summed E-state index contributed by atoms with van der Waals surface area (Å²) < 4.78 is 0. The number of rotatable bonds is 1. The van der Waals surface area contributed by atoms with Crippen molar-refractivity contribution < 1.29 is 9.90 Å². The number of carbonyl (C=O) groups is 1. The molecule has 70 valence electrons. The van der Waals surface area contributed by atoms with Crippen molar-refractivity contribution in [3.8, 4) is 0 Å². The fourth-order valence-electron chi connectivity index (χ4n) is 1.88. The van der Waals surface area contributed by atoms with Crippen LogP contribution in [0.25, 0.3) is 0 Å².